The van der Waals surface area contributed by atoms with Gasteiger partial charge in [-0.15, -0.1) is 0 Å². The van der Waals surface area contributed by atoms with Crippen LogP contribution in [-0.4, -0.2) is 46.8 Å². The van der Waals surface area contributed by atoms with Gasteiger partial charge in [-0.1, -0.05) is 17.7 Å². The number of hydrogen-bond acceptors (Lipinski definition) is 3. The van der Waals surface area contributed by atoms with Crippen molar-refractivity contribution in [3.8, 4) is 0 Å². The maximum Gasteiger partial charge on any atom is 0.254 e. The van der Waals surface area contributed by atoms with Crippen LogP contribution < -0.4 is 0 Å². The highest BCUT2D eigenvalue weighted by Crippen LogP contribution is 2.23. The minimum atomic E-state index is -0.665. The van der Waals surface area contributed by atoms with Gasteiger partial charge in [0.05, 0.1) is 6.10 Å². The van der Waals surface area contributed by atoms with Crippen LogP contribution in [0.5, 0.6) is 0 Å². The summed E-state index contributed by atoms with van der Waals surface area (Å²) >= 11 is 6.02. The standard InChI is InChI=1S/C14H18ClNO3/c1-9-11(3-2-4-12(9)15)14(19)16-6-5-10(8-17)13(18)7-16/h2-4,10,13,17-18H,5-8H2,1H3/t10-,13+/m1/s1. The Labute approximate surface area is 117 Å². The Morgan fingerprint density at radius 3 is 2.89 bits per heavy atom. The molecule has 1 fully saturated rings. The van der Waals surface area contributed by atoms with Gasteiger partial charge in [0, 0.05) is 36.2 Å². The molecule has 1 aromatic rings. The van der Waals surface area contributed by atoms with Crippen LogP contribution in [-0.2, 0) is 0 Å². The van der Waals surface area contributed by atoms with Gasteiger partial charge in [-0.3, -0.25) is 4.79 Å². The van der Waals surface area contributed by atoms with Crippen molar-refractivity contribution in [1.29, 1.82) is 0 Å². The zero-order chi connectivity index (χ0) is 14.0. The third-order valence-corrected chi connectivity index (χ3v) is 4.15. The van der Waals surface area contributed by atoms with E-state index in [4.69, 9.17) is 16.7 Å². The Morgan fingerprint density at radius 2 is 2.26 bits per heavy atom. The van der Waals surface area contributed by atoms with Gasteiger partial charge in [0.15, 0.2) is 0 Å². The fourth-order valence-corrected chi connectivity index (χ4v) is 2.56. The molecule has 1 saturated heterocycles. The van der Waals surface area contributed by atoms with Crippen LogP contribution in [0.15, 0.2) is 18.2 Å². The lowest BCUT2D eigenvalue weighted by Crippen LogP contribution is -2.47. The third-order valence-electron chi connectivity index (χ3n) is 3.74. The summed E-state index contributed by atoms with van der Waals surface area (Å²) in [5.74, 6) is -0.250. The number of β-amino-alcohol motifs (C(OH)–C–C–N with tert-alkyl or cyclic N) is 1. The smallest absolute Gasteiger partial charge is 0.254 e. The Hall–Kier alpha value is -1.10. The first-order valence-electron chi connectivity index (χ1n) is 6.38. The predicted octanol–water partition coefficient (Wildman–Crippen LogP) is 1.46. The van der Waals surface area contributed by atoms with E-state index in [2.05, 4.69) is 0 Å². The molecular weight excluding hydrogens is 266 g/mol. The van der Waals surface area contributed by atoms with Crippen LogP contribution in [0.1, 0.15) is 22.3 Å². The average molecular weight is 284 g/mol. The molecule has 1 amide bonds. The second-order valence-corrected chi connectivity index (χ2v) is 5.37. The third kappa shape index (κ3) is 2.91. The highest BCUT2D eigenvalue weighted by atomic mass is 35.5. The zero-order valence-corrected chi connectivity index (χ0v) is 11.6. The minimum absolute atomic E-state index is 0.0423. The van der Waals surface area contributed by atoms with Crippen molar-refractivity contribution >= 4 is 17.5 Å². The van der Waals surface area contributed by atoms with Crippen LogP contribution in [0.4, 0.5) is 0 Å². The van der Waals surface area contributed by atoms with E-state index >= 15 is 0 Å². The monoisotopic (exact) mass is 283 g/mol. The highest BCUT2D eigenvalue weighted by Gasteiger charge is 2.30. The molecule has 0 radical (unpaired) electrons. The number of amides is 1. The van der Waals surface area contributed by atoms with E-state index < -0.39 is 6.10 Å². The second-order valence-electron chi connectivity index (χ2n) is 4.96. The van der Waals surface area contributed by atoms with Crippen molar-refractivity contribution < 1.29 is 15.0 Å². The Morgan fingerprint density at radius 1 is 1.53 bits per heavy atom. The number of aliphatic hydroxyl groups excluding tert-OH is 2. The van der Waals surface area contributed by atoms with Crippen LogP contribution in [0.3, 0.4) is 0 Å². The van der Waals surface area contributed by atoms with E-state index in [1.54, 1.807) is 23.1 Å². The van der Waals surface area contributed by atoms with Gasteiger partial charge in [0.1, 0.15) is 0 Å². The molecule has 2 N–H and O–H groups in total. The van der Waals surface area contributed by atoms with Crippen LogP contribution in [0.2, 0.25) is 5.02 Å². The summed E-state index contributed by atoms with van der Waals surface area (Å²) in [5, 5.41) is 19.5. The largest absolute Gasteiger partial charge is 0.396 e. The minimum Gasteiger partial charge on any atom is -0.396 e. The number of nitrogens with zero attached hydrogens (tertiary/aromatic N) is 1. The molecule has 5 heteroatoms. The van der Waals surface area contributed by atoms with Gasteiger partial charge in [0.2, 0.25) is 0 Å². The quantitative estimate of drug-likeness (QED) is 0.864. The van der Waals surface area contributed by atoms with Crippen molar-refractivity contribution in [2.45, 2.75) is 19.4 Å². The summed E-state index contributed by atoms with van der Waals surface area (Å²) in [6.07, 6.45) is -0.0505. The molecule has 0 spiro atoms. The molecule has 0 saturated carbocycles. The van der Waals surface area contributed by atoms with Gasteiger partial charge in [-0.2, -0.15) is 0 Å². The molecule has 0 bridgehead atoms. The molecule has 0 unspecified atom stereocenters. The van der Waals surface area contributed by atoms with Gasteiger partial charge in [-0.25, -0.2) is 0 Å². The number of halogens is 1. The molecule has 0 aromatic heterocycles. The van der Waals surface area contributed by atoms with E-state index in [1.807, 2.05) is 6.92 Å². The summed E-state index contributed by atoms with van der Waals surface area (Å²) in [6, 6.07) is 5.24. The lowest BCUT2D eigenvalue weighted by Gasteiger charge is -2.35. The fraction of sp³-hybridized carbons (Fsp3) is 0.500. The van der Waals surface area contributed by atoms with Crippen LogP contribution in [0, 0.1) is 12.8 Å². The predicted molar refractivity (Wildman–Crippen MR) is 73.3 cm³/mol. The second kappa shape index (κ2) is 5.90. The normalized spacial score (nSPS) is 23.5. The number of aliphatic hydroxyl groups is 2. The lowest BCUT2D eigenvalue weighted by molar-refractivity contribution is 0.000846. The Kier molecular flexibility index (Phi) is 4.45. The van der Waals surface area contributed by atoms with E-state index in [9.17, 15) is 9.90 Å². The van der Waals surface area contributed by atoms with E-state index in [0.29, 0.717) is 23.6 Å². The molecule has 2 atom stereocenters. The number of hydrogen-bond donors (Lipinski definition) is 2. The summed E-state index contributed by atoms with van der Waals surface area (Å²) in [4.78, 5) is 14.0. The molecule has 1 aromatic carbocycles. The van der Waals surface area contributed by atoms with Gasteiger partial charge >= 0.3 is 0 Å². The van der Waals surface area contributed by atoms with E-state index in [0.717, 1.165) is 5.56 Å². The van der Waals surface area contributed by atoms with E-state index in [-0.39, 0.29) is 25.0 Å². The number of rotatable bonds is 2. The SMILES string of the molecule is Cc1c(Cl)cccc1C(=O)N1CC[C@H](CO)[C@@H](O)C1. The molecule has 2 rings (SSSR count). The maximum absolute atomic E-state index is 12.4. The Bertz CT molecular complexity index is 478. The molecule has 104 valence electrons. The molecule has 1 heterocycles. The number of likely N-dealkylation sites (tertiary alicyclic amines) is 1. The Balaban J connectivity index is 2.15. The topological polar surface area (TPSA) is 60.8 Å². The summed E-state index contributed by atoms with van der Waals surface area (Å²) < 4.78 is 0. The van der Waals surface area contributed by atoms with Gasteiger partial charge in [-0.05, 0) is 31.0 Å². The first-order valence-corrected chi connectivity index (χ1v) is 6.75. The highest BCUT2D eigenvalue weighted by molar-refractivity contribution is 6.31. The van der Waals surface area contributed by atoms with Crippen molar-refractivity contribution in [3.05, 3.63) is 34.3 Å². The molecule has 4 nitrogen and oxygen atoms in total. The first kappa shape index (κ1) is 14.3. The zero-order valence-electron chi connectivity index (χ0n) is 10.8. The number of carbonyl (C=O) groups is 1. The van der Waals surface area contributed by atoms with Crippen LogP contribution >= 0.6 is 11.6 Å². The molecule has 19 heavy (non-hydrogen) atoms. The summed E-state index contributed by atoms with van der Waals surface area (Å²) in [6.45, 7) is 2.58. The van der Waals surface area contributed by atoms with Crippen molar-refractivity contribution in [3.63, 3.8) is 0 Å². The average Bonchev–Trinajstić information content (AvgIpc) is 2.41. The number of carbonyl (C=O) groups excluding carboxylic acids is 1. The van der Waals surface area contributed by atoms with Crippen molar-refractivity contribution in [1.82, 2.24) is 4.90 Å². The van der Waals surface area contributed by atoms with Crippen molar-refractivity contribution in [2.75, 3.05) is 19.7 Å². The molecule has 0 aliphatic carbocycles. The van der Waals surface area contributed by atoms with Crippen molar-refractivity contribution in [2.24, 2.45) is 5.92 Å². The molecule has 1 aliphatic rings. The first-order chi connectivity index (χ1) is 9.04. The molecular formula is C14H18ClNO3. The lowest BCUT2D eigenvalue weighted by atomic mass is 9.94. The fourth-order valence-electron chi connectivity index (χ4n) is 2.39. The number of piperidine rings is 1. The van der Waals surface area contributed by atoms with Gasteiger partial charge < -0.3 is 15.1 Å². The summed E-state index contributed by atoms with van der Waals surface area (Å²) in [7, 11) is 0. The maximum atomic E-state index is 12.4. The van der Waals surface area contributed by atoms with E-state index in [1.165, 1.54) is 0 Å². The van der Waals surface area contributed by atoms with Crippen LogP contribution in [0.25, 0.3) is 0 Å². The summed E-state index contributed by atoms with van der Waals surface area (Å²) in [5.41, 5.74) is 1.33. The number of benzene rings is 1. The molecule has 1 aliphatic heterocycles. The van der Waals surface area contributed by atoms with Gasteiger partial charge in [0.25, 0.3) is 5.91 Å².